The number of halogens is 1. The smallest absolute Gasteiger partial charge is 0.412 e. The number of rotatable bonds is 6. The van der Waals surface area contributed by atoms with E-state index in [4.69, 9.17) is 20.8 Å². The minimum Gasteiger partial charge on any atom is -0.457 e. The molecule has 1 saturated heterocycles. The highest BCUT2D eigenvalue weighted by atomic mass is 35.5. The van der Waals surface area contributed by atoms with E-state index in [1.165, 1.54) is 31.5 Å². The fourth-order valence-corrected chi connectivity index (χ4v) is 5.82. The van der Waals surface area contributed by atoms with E-state index in [1.54, 1.807) is 13.0 Å². The van der Waals surface area contributed by atoms with Gasteiger partial charge in [0.1, 0.15) is 11.5 Å². The highest BCUT2D eigenvalue weighted by Crippen LogP contribution is 2.39. The number of carbonyl (C=O) groups excluding carboxylic acids is 1. The normalized spacial score (nSPS) is 22.7. The van der Waals surface area contributed by atoms with Crippen molar-refractivity contribution in [1.29, 1.82) is 0 Å². The molecule has 6 heteroatoms. The molecule has 2 aromatic carbocycles. The molecule has 0 bridgehead atoms. The Kier molecular flexibility index (Phi) is 7.17. The molecule has 5 rings (SSSR count). The molecular weight excluding hydrogens is 460 g/mol. The van der Waals surface area contributed by atoms with Gasteiger partial charge in [-0.05, 0) is 94.8 Å². The van der Waals surface area contributed by atoms with Gasteiger partial charge in [0.2, 0.25) is 0 Å². The van der Waals surface area contributed by atoms with Crippen LogP contribution in [0.5, 0.6) is 5.75 Å². The summed E-state index contributed by atoms with van der Waals surface area (Å²) in [7, 11) is 0. The van der Waals surface area contributed by atoms with E-state index in [2.05, 4.69) is 40.5 Å². The third-order valence-corrected chi connectivity index (χ3v) is 7.85. The lowest BCUT2D eigenvalue weighted by Crippen LogP contribution is -2.54. The van der Waals surface area contributed by atoms with Crippen molar-refractivity contribution in [3.05, 3.63) is 77.0 Å². The van der Waals surface area contributed by atoms with Gasteiger partial charge in [0.05, 0.1) is 0 Å². The van der Waals surface area contributed by atoms with Gasteiger partial charge in [-0.3, -0.25) is 4.90 Å². The molecule has 0 spiro atoms. The van der Waals surface area contributed by atoms with E-state index in [1.807, 2.05) is 24.3 Å². The quantitative estimate of drug-likeness (QED) is 0.402. The van der Waals surface area contributed by atoms with Crippen LogP contribution in [0.15, 0.2) is 65.1 Å². The Morgan fingerprint density at radius 1 is 1.09 bits per heavy atom. The van der Waals surface area contributed by atoms with Crippen molar-refractivity contribution in [2.45, 2.75) is 63.5 Å². The molecule has 0 unspecified atom stereocenters. The number of hydrogen-bond donors (Lipinski definition) is 1. The highest BCUT2D eigenvalue weighted by molar-refractivity contribution is 6.30. The van der Waals surface area contributed by atoms with Crippen molar-refractivity contribution >= 4 is 17.7 Å². The van der Waals surface area contributed by atoms with Crippen LogP contribution >= 0.6 is 11.6 Å². The molecule has 1 aromatic heterocycles. The van der Waals surface area contributed by atoms with Crippen LogP contribution in [0.25, 0.3) is 11.3 Å². The number of ether oxygens (including phenoxy) is 1. The van der Waals surface area contributed by atoms with Crippen LogP contribution in [0.1, 0.15) is 49.8 Å². The van der Waals surface area contributed by atoms with Crippen molar-refractivity contribution in [3.8, 4) is 17.1 Å². The van der Waals surface area contributed by atoms with Crippen LogP contribution in [0.2, 0.25) is 5.02 Å². The van der Waals surface area contributed by atoms with Crippen LogP contribution < -0.4 is 10.1 Å². The summed E-state index contributed by atoms with van der Waals surface area (Å²) in [6.07, 6.45) is 7.30. The average Bonchev–Trinajstić information content (AvgIpc) is 3.53. The Hall–Kier alpha value is -2.76. The maximum atomic E-state index is 12.7. The van der Waals surface area contributed by atoms with Gasteiger partial charge in [-0.15, -0.1) is 0 Å². The first kappa shape index (κ1) is 24.0. The third-order valence-electron chi connectivity index (χ3n) is 7.59. The van der Waals surface area contributed by atoms with Gasteiger partial charge in [0, 0.05) is 28.2 Å². The Labute approximate surface area is 212 Å². The fraction of sp³-hybridized carbons (Fsp3) is 0.414. The third kappa shape index (κ3) is 5.57. The van der Waals surface area contributed by atoms with E-state index in [0.717, 1.165) is 37.7 Å². The largest absolute Gasteiger partial charge is 0.457 e. The molecule has 5 nitrogen and oxygen atoms in total. The molecular formula is C29H33ClN2O3. The first-order valence-corrected chi connectivity index (χ1v) is 13.0. The number of amides is 1. The van der Waals surface area contributed by atoms with Crippen molar-refractivity contribution < 1.29 is 13.9 Å². The molecule has 2 heterocycles. The zero-order chi connectivity index (χ0) is 24.3. The second-order valence-corrected chi connectivity index (χ2v) is 10.4. The topological polar surface area (TPSA) is 54.7 Å². The number of hydrogen-bond acceptors (Lipinski definition) is 4. The van der Waals surface area contributed by atoms with Crippen molar-refractivity contribution in [1.82, 2.24) is 10.2 Å². The number of benzene rings is 2. The molecule has 0 atom stereocenters. The zero-order valence-corrected chi connectivity index (χ0v) is 21.0. The zero-order valence-electron chi connectivity index (χ0n) is 20.3. The number of carbonyl (C=O) groups is 1. The second kappa shape index (κ2) is 10.5. The molecule has 1 saturated carbocycles. The molecule has 1 aliphatic heterocycles. The number of aryl methyl sites for hydroxylation is 1. The molecule has 1 aliphatic carbocycles. The summed E-state index contributed by atoms with van der Waals surface area (Å²) in [5.74, 6) is 1.67. The number of nitrogens with one attached hydrogen (secondary N) is 1. The Morgan fingerprint density at radius 2 is 1.77 bits per heavy atom. The molecule has 2 fully saturated rings. The van der Waals surface area contributed by atoms with Crippen LogP contribution in [0.3, 0.4) is 0 Å². The van der Waals surface area contributed by atoms with Gasteiger partial charge in [0.25, 0.3) is 0 Å². The van der Waals surface area contributed by atoms with Gasteiger partial charge in [-0.1, -0.05) is 41.9 Å². The molecule has 3 aromatic rings. The van der Waals surface area contributed by atoms with E-state index in [9.17, 15) is 4.79 Å². The van der Waals surface area contributed by atoms with Gasteiger partial charge in [0.15, 0.2) is 5.75 Å². The number of furan rings is 1. The van der Waals surface area contributed by atoms with E-state index < -0.39 is 6.09 Å². The van der Waals surface area contributed by atoms with E-state index in [-0.39, 0.29) is 11.6 Å². The summed E-state index contributed by atoms with van der Waals surface area (Å²) < 4.78 is 11.5. The Bertz CT molecular complexity index is 1130. The molecule has 1 N–H and O–H groups in total. The van der Waals surface area contributed by atoms with Crippen molar-refractivity contribution in [2.24, 2.45) is 0 Å². The predicted molar refractivity (Wildman–Crippen MR) is 139 cm³/mol. The standard InChI is InChI=1S/C29H33ClN2O3/c1-21-26(19-27(34-21)23-9-11-24(30)12-10-23)35-28(33)31-25-13-15-29(16-14-25,32-17-5-6-18-32)20-22-7-3-2-4-8-22/h2-4,7-12,19,25H,5-6,13-18,20H2,1H3,(H,31,33). The maximum Gasteiger partial charge on any atom is 0.412 e. The van der Waals surface area contributed by atoms with Crippen molar-refractivity contribution in [2.75, 3.05) is 13.1 Å². The van der Waals surface area contributed by atoms with E-state index in [0.29, 0.717) is 22.3 Å². The lowest BCUT2D eigenvalue weighted by Gasteiger charge is -2.47. The summed E-state index contributed by atoms with van der Waals surface area (Å²) in [5.41, 5.74) is 2.48. The predicted octanol–water partition coefficient (Wildman–Crippen LogP) is 7.02. The van der Waals surface area contributed by atoms with Crippen LogP contribution in [-0.4, -0.2) is 35.7 Å². The lowest BCUT2D eigenvalue weighted by molar-refractivity contribution is 0.0625. The summed E-state index contributed by atoms with van der Waals surface area (Å²) in [6.45, 7) is 4.17. The maximum absolute atomic E-state index is 12.7. The number of likely N-dealkylation sites (tertiary alicyclic amines) is 1. The lowest BCUT2D eigenvalue weighted by atomic mass is 9.74. The molecule has 1 amide bonds. The minimum absolute atomic E-state index is 0.122. The van der Waals surface area contributed by atoms with E-state index >= 15 is 0 Å². The summed E-state index contributed by atoms with van der Waals surface area (Å²) in [4.78, 5) is 15.4. The fourth-order valence-electron chi connectivity index (χ4n) is 5.69. The first-order chi connectivity index (χ1) is 17.0. The van der Waals surface area contributed by atoms with Gasteiger partial charge < -0.3 is 14.5 Å². The Morgan fingerprint density at radius 3 is 2.46 bits per heavy atom. The summed E-state index contributed by atoms with van der Waals surface area (Å²) >= 11 is 5.98. The Balaban J connectivity index is 1.20. The molecule has 2 aliphatic rings. The second-order valence-electron chi connectivity index (χ2n) is 9.93. The summed E-state index contributed by atoms with van der Waals surface area (Å²) in [6, 6.07) is 20.1. The number of nitrogens with zero attached hydrogens (tertiary/aromatic N) is 1. The highest BCUT2D eigenvalue weighted by Gasteiger charge is 2.41. The molecule has 0 radical (unpaired) electrons. The molecule has 184 valence electrons. The van der Waals surface area contributed by atoms with Crippen LogP contribution in [-0.2, 0) is 6.42 Å². The van der Waals surface area contributed by atoms with Crippen molar-refractivity contribution in [3.63, 3.8) is 0 Å². The minimum atomic E-state index is -0.418. The average molecular weight is 493 g/mol. The van der Waals surface area contributed by atoms with Gasteiger partial charge in [-0.25, -0.2) is 4.79 Å². The SMILES string of the molecule is Cc1oc(-c2ccc(Cl)cc2)cc1OC(=O)NC1CCC(Cc2ccccc2)(N2CCCC2)CC1. The molecule has 35 heavy (non-hydrogen) atoms. The monoisotopic (exact) mass is 492 g/mol. The van der Waals surface area contributed by atoms with Crippen LogP contribution in [0.4, 0.5) is 4.79 Å². The first-order valence-electron chi connectivity index (χ1n) is 12.6. The van der Waals surface area contributed by atoms with Crippen LogP contribution in [0, 0.1) is 6.92 Å². The summed E-state index contributed by atoms with van der Waals surface area (Å²) in [5, 5.41) is 3.77. The van der Waals surface area contributed by atoms with Gasteiger partial charge in [-0.2, -0.15) is 0 Å². The van der Waals surface area contributed by atoms with Gasteiger partial charge >= 0.3 is 6.09 Å².